The van der Waals surface area contributed by atoms with E-state index >= 15 is 0 Å². The Kier molecular flexibility index (Phi) is 4.91. The van der Waals surface area contributed by atoms with Crippen molar-refractivity contribution in [3.63, 3.8) is 0 Å². The molecule has 0 aliphatic heterocycles. The van der Waals surface area contributed by atoms with E-state index < -0.39 is 0 Å². The molecule has 0 heterocycles. The Balaban J connectivity index is 2.27. The molecule has 1 saturated carbocycles. The summed E-state index contributed by atoms with van der Waals surface area (Å²) in [5.74, 6) is 1.15. The van der Waals surface area contributed by atoms with Crippen molar-refractivity contribution in [2.75, 3.05) is 6.54 Å². The van der Waals surface area contributed by atoms with Crippen LogP contribution in [0, 0.1) is 17.8 Å². The van der Waals surface area contributed by atoms with Crippen molar-refractivity contribution in [3.05, 3.63) is 0 Å². The molecule has 1 aliphatic carbocycles. The second kappa shape index (κ2) is 5.74. The van der Waals surface area contributed by atoms with Gasteiger partial charge in [-0.15, -0.1) is 11.6 Å². The molecule has 0 aromatic heterocycles. The van der Waals surface area contributed by atoms with Crippen molar-refractivity contribution < 1.29 is 4.79 Å². The predicted octanol–water partition coefficient (Wildman–Crippen LogP) is 2.80. The van der Waals surface area contributed by atoms with E-state index in [4.69, 9.17) is 11.6 Å². The second-order valence-corrected chi connectivity index (χ2v) is 5.55. The summed E-state index contributed by atoms with van der Waals surface area (Å²) < 4.78 is 0. The van der Waals surface area contributed by atoms with Crippen LogP contribution < -0.4 is 5.32 Å². The van der Waals surface area contributed by atoms with E-state index in [9.17, 15) is 4.79 Å². The zero-order valence-corrected chi connectivity index (χ0v) is 10.7. The number of amides is 1. The molecule has 0 saturated heterocycles. The molecule has 0 aromatic carbocycles. The van der Waals surface area contributed by atoms with Gasteiger partial charge in [0.1, 0.15) is 0 Å². The largest absolute Gasteiger partial charge is 0.356 e. The third-order valence-corrected chi connectivity index (χ3v) is 4.09. The number of hydrogen-bond donors (Lipinski definition) is 1. The predicted molar refractivity (Wildman–Crippen MR) is 64.0 cm³/mol. The van der Waals surface area contributed by atoms with Crippen LogP contribution in [0.1, 0.15) is 40.0 Å². The van der Waals surface area contributed by atoms with Gasteiger partial charge in [0, 0.05) is 17.8 Å². The van der Waals surface area contributed by atoms with Crippen molar-refractivity contribution >= 4 is 17.5 Å². The molecule has 1 amide bonds. The first kappa shape index (κ1) is 12.8. The molecule has 0 aromatic rings. The van der Waals surface area contributed by atoms with Crippen LogP contribution in [-0.2, 0) is 4.79 Å². The number of halogens is 1. The number of carbonyl (C=O) groups excluding carboxylic acids is 1. The Hall–Kier alpha value is -0.240. The van der Waals surface area contributed by atoms with Gasteiger partial charge in [-0.3, -0.25) is 4.79 Å². The van der Waals surface area contributed by atoms with Crippen molar-refractivity contribution in [2.45, 2.75) is 45.4 Å². The van der Waals surface area contributed by atoms with Crippen LogP contribution in [0.25, 0.3) is 0 Å². The van der Waals surface area contributed by atoms with Crippen LogP contribution >= 0.6 is 11.6 Å². The summed E-state index contributed by atoms with van der Waals surface area (Å²) in [7, 11) is 0. The number of alkyl halides is 1. The minimum absolute atomic E-state index is 0.0974. The van der Waals surface area contributed by atoms with Gasteiger partial charge in [-0.2, -0.15) is 0 Å². The van der Waals surface area contributed by atoms with Gasteiger partial charge in [-0.1, -0.05) is 27.2 Å². The first-order valence-corrected chi connectivity index (χ1v) is 6.37. The van der Waals surface area contributed by atoms with Crippen molar-refractivity contribution in [2.24, 2.45) is 17.8 Å². The van der Waals surface area contributed by atoms with Crippen LogP contribution in [0.4, 0.5) is 0 Å². The van der Waals surface area contributed by atoms with Crippen molar-refractivity contribution in [1.29, 1.82) is 0 Å². The summed E-state index contributed by atoms with van der Waals surface area (Å²) in [5.41, 5.74) is 0. The lowest BCUT2D eigenvalue weighted by Gasteiger charge is -2.19. The average Bonchev–Trinajstić information content (AvgIpc) is 2.59. The Morgan fingerprint density at radius 2 is 2.07 bits per heavy atom. The fourth-order valence-electron chi connectivity index (χ4n) is 1.92. The topological polar surface area (TPSA) is 29.1 Å². The molecule has 1 aliphatic rings. The fourth-order valence-corrected chi connectivity index (χ4v) is 2.29. The maximum Gasteiger partial charge on any atom is 0.223 e. The van der Waals surface area contributed by atoms with Crippen LogP contribution in [0.5, 0.6) is 0 Å². The molecule has 0 bridgehead atoms. The van der Waals surface area contributed by atoms with Crippen LogP contribution in [0.3, 0.4) is 0 Å². The second-order valence-electron chi connectivity index (χ2n) is 4.98. The number of carbonyl (C=O) groups is 1. The summed E-state index contributed by atoms with van der Waals surface area (Å²) in [6.45, 7) is 6.88. The molecular formula is C12H22ClNO. The Morgan fingerprint density at radius 3 is 2.53 bits per heavy atom. The molecule has 1 fully saturated rings. The lowest BCUT2D eigenvalue weighted by Crippen LogP contribution is -2.36. The van der Waals surface area contributed by atoms with E-state index in [0.29, 0.717) is 11.8 Å². The van der Waals surface area contributed by atoms with E-state index in [1.807, 2.05) is 6.92 Å². The van der Waals surface area contributed by atoms with Gasteiger partial charge in [0.15, 0.2) is 0 Å². The van der Waals surface area contributed by atoms with E-state index in [1.54, 1.807) is 0 Å². The highest BCUT2D eigenvalue weighted by Crippen LogP contribution is 2.29. The van der Waals surface area contributed by atoms with E-state index in [1.165, 1.54) is 6.42 Å². The van der Waals surface area contributed by atoms with Crippen molar-refractivity contribution in [3.8, 4) is 0 Å². The van der Waals surface area contributed by atoms with E-state index in [-0.39, 0.29) is 17.2 Å². The van der Waals surface area contributed by atoms with Gasteiger partial charge in [-0.05, 0) is 24.7 Å². The van der Waals surface area contributed by atoms with Crippen molar-refractivity contribution in [1.82, 2.24) is 5.32 Å². The molecule has 3 unspecified atom stereocenters. The van der Waals surface area contributed by atoms with Gasteiger partial charge >= 0.3 is 0 Å². The molecule has 1 N–H and O–H groups in total. The number of nitrogens with one attached hydrogen (secondary N) is 1. The standard InChI is InChI=1S/C12H22ClNO/c1-8(2)9(3)12(15)14-7-10-5-4-6-11(10)13/h8-11H,4-7H2,1-3H3,(H,14,15). The summed E-state index contributed by atoms with van der Waals surface area (Å²) in [6.07, 6.45) is 3.46. The maximum atomic E-state index is 11.7. The number of hydrogen-bond acceptors (Lipinski definition) is 1. The van der Waals surface area contributed by atoms with Gasteiger partial charge in [0.25, 0.3) is 0 Å². The summed E-state index contributed by atoms with van der Waals surface area (Å²) >= 11 is 6.15. The van der Waals surface area contributed by atoms with Crippen LogP contribution in [-0.4, -0.2) is 17.8 Å². The highest BCUT2D eigenvalue weighted by atomic mass is 35.5. The molecular weight excluding hydrogens is 210 g/mol. The Morgan fingerprint density at radius 1 is 1.40 bits per heavy atom. The summed E-state index contributed by atoms with van der Waals surface area (Å²) in [5, 5.41) is 3.28. The van der Waals surface area contributed by atoms with Gasteiger partial charge in [0.2, 0.25) is 5.91 Å². The van der Waals surface area contributed by atoms with E-state index in [2.05, 4.69) is 19.2 Å². The molecule has 3 heteroatoms. The van der Waals surface area contributed by atoms with Gasteiger partial charge < -0.3 is 5.32 Å². The van der Waals surface area contributed by atoms with Gasteiger partial charge in [-0.25, -0.2) is 0 Å². The quantitative estimate of drug-likeness (QED) is 0.741. The molecule has 3 atom stereocenters. The normalized spacial score (nSPS) is 28.1. The lowest BCUT2D eigenvalue weighted by molar-refractivity contribution is -0.125. The smallest absolute Gasteiger partial charge is 0.223 e. The zero-order valence-electron chi connectivity index (χ0n) is 9.92. The minimum Gasteiger partial charge on any atom is -0.356 e. The van der Waals surface area contributed by atoms with Crippen LogP contribution in [0.15, 0.2) is 0 Å². The first-order chi connectivity index (χ1) is 7.02. The highest BCUT2D eigenvalue weighted by molar-refractivity contribution is 6.20. The third kappa shape index (κ3) is 3.67. The third-order valence-electron chi connectivity index (χ3n) is 3.52. The molecule has 88 valence electrons. The van der Waals surface area contributed by atoms with Crippen LogP contribution in [0.2, 0.25) is 0 Å². The average molecular weight is 232 g/mol. The van der Waals surface area contributed by atoms with E-state index in [0.717, 1.165) is 19.4 Å². The minimum atomic E-state index is 0.0974. The lowest BCUT2D eigenvalue weighted by atomic mass is 9.97. The SMILES string of the molecule is CC(C)C(C)C(=O)NCC1CCCC1Cl. The molecule has 0 spiro atoms. The fraction of sp³-hybridized carbons (Fsp3) is 0.917. The molecule has 15 heavy (non-hydrogen) atoms. The Labute approximate surface area is 97.8 Å². The zero-order chi connectivity index (χ0) is 11.4. The molecule has 1 rings (SSSR count). The summed E-state index contributed by atoms with van der Waals surface area (Å²) in [6, 6.07) is 0. The monoisotopic (exact) mass is 231 g/mol. The summed E-state index contributed by atoms with van der Waals surface area (Å²) in [4.78, 5) is 11.7. The maximum absolute atomic E-state index is 11.7. The molecule has 0 radical (unpaired) electrons. The first-order valence-electron chi connectivity index (χ1n) is 5.94. The van der Waals surface area contributed by atoms with Gasteiger partial charge in [0.05, 0.1) is 0 Å². The molecule has 2 nitrogen and oxygen atoms in total. The Bertz CT molecular complexity index is 218. The number of rotatable bonds is 4. The highest BCUT2D eigenvalue weighted by Gasteiger charge is 2.26.